The molecule has 0 aromatic carbocycles. The second-order valence-corrected chi connectivity index (χ2v) is 3.63. The molecular weight excluding hydrogens is 112 g/mol. The highest BCUT2D eigenvalue weighted by molar-refractivity contribution is 5.01. The van der Waals surface area contributed by atoms with Crippen LogP contribution in [0.25, 0.3) is 0 Å². The van der Waals surface area contributed by atoms with Crippen molar-refractivity contribution in [2.24, 2.45) is 11.3 Å². The molecule has 1 nitrogen and oxygen atoms in total. The zero-order valence-corrected chi connectivity index (χ0v) is 5.77. The van der Waals surface area contributed by atoms with Crippen LogP contribution < -0.4 is 0 Å². The maximum atomic E-state index is 8.94. The van der Waals surface area contributed by atoms with Gasteiger partial charge in [0.1, 0.15) is 0 Å². The van der Waals surface area contributed by atoms with E-state index in [4.69, 9.17) is 5.11 Å². The Hall–Kier alpha value is -0.0400. The average molecular weight is 126 g/mol. The van der Waals surface area contributed by atoms with Crippen LogP contribution in [0, 0.1) is 11.3 Å². The SMILES string of the molecule is OCC1CCCC12CC2. The Bertz CT molecular complexity index is 116. The molecular formula is C8H14O. The summed E-state index contributed by atoms with van der Waals surface area (Å²) in [4.78, 5) is 0. The van der Waals surface area contributed by atoms with E-state index in [-0.39, 0.29) is 0 Å². The Morgan fingerprint density at radius 1 is 1.33 bits per heavy atom. The molecule has 0 aromatic heterocycles. The lowest BCUT2D eigenvalue weighted by atomic mass is 9.94. The fourth-order valence-corrected chi connectivity index (χ4v) is 2.31. The van der Waals surface area contributed by atoms with E-state index in [0.717, 1.165) is 0 Å². The van der Waals surface area contributed by atoms with Crippen molar-refractivity contribution in [3.63, 3.8) is 0 Å². The van der Waals surface area contributed by atoms with Gasteiger partial charge in [-0.25, -0.2) is 0 Å². The van der Waals surface area contributed by atoms with E-state index in [9.17, 15) is 0 Å². The molecule has 0 radical (unpaired) electrons. The Kier molecular flexibility index (Phi) is 1.10. The van der Waals surface area contributed by atoms with Crippen LogP contribution >= 0.6 is 0 Å². The second-order valence-electron chi connectivity index (χ2n) is 3.63. The molecule has 1 N–H and O–H groups in total. The molecule has 1 heteroatoms. The lowest BCUT2D eigenvalue weighted by molar-refractivity contribution is 0.184. The van der Waals surface area contributed by atoms with E-state index in [1.807, 2.05) is 0 Å². The topological polar surface area (TPSA) is 20.2 Å². The molecule has 0 amide bonds. The predicted molar refractivity (Wildman–Crippen MR) is 36.1 cm³/mol. The summed E-state index contributed by atoms with van der Waals surface area (Å²) in [5, 5.41) is 8.94. The van der Waals surface area contributed by atoms with Crippen LogP contribution in [0.1, 0.15) is 32.1 Å². The molecule has 1 atom stereocenters. The van der Waals surface area contributed by atoms with Gasteiger partial charge in [0.15, 0.2) is 0 Å². The van der Waals surface area contributed by atoms with Crippen molar-refractivity contribution < 1.29 is 5.11 Å². The maximum absolute atomic E-state index is 8.94. The fraction of sp³-hybridized carbons (Fsp3) is 1.00. The smallest absolute Gasteiger partial charge is 0.0464 e. The van der Waals surface area contributed by atoms with Gasteiger partial charge in [0.25, 0.3) is 0 Å². The van der Waals surface area contributed by atoms with Crippen LogP contribution in [0.2, 0.25) is 0 Å². The standard InChI is InChI=1S/C8H14O/c9-6-7-2-1-3-8(7)4-5-8/h7,9H,1-6H2. The van der Waals surface area contributed by atoms with E-state index >= 15 is 0 Å². The lowest BCUT2D eigenvalue weighted by Gasteiger charge is -2.13. The second kappa shape index (κ2) is 1.72. The molecule has 2 rings (SSSR count). The van der Waals surface area contributed by atoms with Crippen molar-refractivity contribution >= 4 is 0 Å². The van der Waals surface area contributed by atoms with E-state index < -0.39 is 0 Å². The van der Waals surface area contributed by atoms with Gasteiger partial charge >= 0.3 is 0 Å². The minimum absolute atomic E-state index is 0.444. The van der Waals surface area contributed by atoms with Gasteiger partial charge in [-0.15, -0.1) is 0 Å². The Balaban J connectivity index is 2.05. The molecule has 1 unspecified atom stereocenters. The van der Waals surface area contributed by atoms with Crippen molar-refractivity contribution in [1.29, 1.82) is 0 Å². The maximum Gasteiger partial charge on any atom is 0.0464 e. The van der Waals surface area contributed by atoms with Crippen LogP contribution in [0.15, 0.2) is 0 Å². The average Bonchev–Trinajstić information content (AvgIpc) is 2.45. The van der Waals surface area contributed by atoms with Gasteiger partial charge < -0.3 is 5.11 Å². The Morgan fingerprint density at radius 2 is 2.11 bits per heavy atom. The number of aliphatic hydroxyl groups excluding tert-OH is 1. The van der Waals surface area contributed by atoms with Gasteiger partial charge in [-0.1, -0.05) is 6.42 Å². The molecule has 2 saturated carbocycles. The largest absolute Gasteiger partial charge is 0.396 e. The van der Waals surface area contributed by atoms with Crippen molar-refractivity contribution in [1.82, 2.24) is 0 Å². The molecule has 9 heavy (non-hydrogen) atoms. The molecule has 0 heterocycles. The molecule has 52 valence electrons. The van der Waals surface area contributed by atoms with Crippen molar-refractivity contribution in [2.75, 3.05) is 6.61 Å². The molecule has 1 spiro atoms. The van der Waals surface area contributed by atoms with E-state index in [1.54, 1.807) is 0 Å². The van der Waals surface area contributed by atoms with Gasteiger partial charge in [0.05, 0.1) is 0 Å². The van der Waals surface area contributed by atoms with Gasteiger partial charge in [-0.2, -0.15) is 0 Å². The summed E-state index contributed by atoms with van der Waals surface area (Å²) in [5.74, 6) is 0.678. The van der Waals surface area contributed by atoms with Crippen molar-refractivity contribution in [2.45, 2.75) is 32.1 Å². The summed E-state index contributed by atoms with van der Waals surface area (Å²) in [6.45, 7) is 0.444. The molecule has 0 bridgehead atoms. The Morgan fingerprint density at radius 3 is 2.56 bits per heavy atom. The lowest BCUT2D eigenvalue weighted by Crippen LogP contribution is -2.12. The van der Waals surface area contributed by atoms with Crippen LogP contribution in [0.5, 0.6) is 0 Å². The zero-order valence-electron chi connectivity index (χ0n) is 5.77. The highest BCUT2D eigenvalue weighted by Gasteiger charge is 2.51. The summed E-state index contributed by atoms with van der Waals surface area (Å²) >= 11 is 0. The molecule has 2 aliphatic rings. The number of hydrogen-bond donors (Lipinski definition) is 1. The first-order chi connectivity index (χ1) is 4.37. The predicted octanol–water partition coefficient (Wildman–Crippen LogP) is 1.56. The van der Waals surface area contributed by atoms with Crippen LogP contribution in [-0.4, -0.2) is 11.7 Å². The molecule has 0 saturated heterocycles. The quantitative estimate of drug-likeness (QED) is 0.565. The number of hydrogen-bond acceptors (Lipinski definition) is 1. The summed E-state index contributed by atoms with van der Waals surface area (Å²) in [6, 6.07) is 0. The normalized spacial score (nSPS) is 37.7. The minimum atomic E-state index is 0.444. The highest BCUT2D eigenvalue weighted by Crippen LogP contribution is 2.60. The molecule has 0 aromatic rings. The number of rotatable bonds is 1. The zero-order chi connectivity index (χ0) is 6.32. The molecule has 2 aliphatic carbocycles. The number of aliphatic hydroxyl groups is 1. The van der Waals surface area contributed by atoms with Gasteiger partial charge in [0.2, 0.25) is 0 Å². The summed E-state index contributed by atoms with van der Waals surface area (Å²) in [7, 11) is 0. The molecule has 0 aliphatic heterocycles. The van der Waals surface area contributed by atoms with Crippen LogP contribution in [0.3, 0.4) is 0 Å². The minimum Gasteiger partial charge on any atom is -0.396 e. The van der Waals surface area contributed by atoms with E-state index in [1.165, 1.54) is 32.1 Å². The molecule has 2 fully saturated rings. The third kappa shape index (κ3) is 0.710. The van der Waals surface area contributed by atoms with Crippen LogP contribution in [-0.2, 0) is 0 Å². The fourth-order valence-electron chi connectivity index (χ4n) is 2.31. The van der Waals surface area contributed by atoms with Crippen LogP contribution in [0.4, 0.5) is 0 Å². The van der Waals surface area contributed by atoms with Crippen molar-refractivity contribution in [3.05, 3.63) is 0 Å². The van der Waals surface area contributed by atoms with Gasteiger partial charge in [-0.05, 0) is 37.0 Å². The van der Waals surface area contributed by atoms with E-state index in [0.29, 0.717) is 17.9 Å². The van der Waals surface area contributed by atoms with Gasteiger partial charge in [-0.3, -0.25) is 0 Å². The Labute approximate surface area is 56.1 Å². The first-order valence-electron chi connectivity index (χ1n) is 3.98. The summed E-state index contributed by atoms with van der Waals surface area (Å²) in [6.07, 6.45) is 6.86. The highest BCUT2D eigenvalue weighted by atomic mass is 16.3. The first kappa shape index (κ1) is 5.72. The third-order valence-electron chi connectivity index (χ3n) is 3.21. The van der Waals surface area contributed by atoms with Crippen molar-refractivity contribution in [3.8, 4) is 0 Å². The van der Waals surface area contributed by atoms with E-state index in [2.05, 4.69) is 0 Å². The summed E-state index contributed by atoms with van der Waals surface area (Å²) in [5.41, 5.74) is 0.661. The first-order valence-corrected chi connectivity index (χ1v) is 3.98. The van der Waals surface area contributed by atoms with Gasteiger partial charge in [0, 0.05) is 6.61 Å². The monoisotopic (exact) mass is 126 g/mol. The summed E-state index contributed by atoms with van der Waals surface area (Å²) < 4.78 is 0. The third-order valence-corrected chi connectivity index (χ3v) is 3.21.